The first-order chi connectivity index (χ1) is 7.43. The van der Waals surface area contributed by atoms with Gasteiger partial charge in [-0.15, -0.1) is 0 Å². The molecule has 0 spiro atoms. The van der Waals surface area contributed by atoms with Crippen LogP contribution in [0.3, 0.4) is 0 Å². The summed E-state index contributed by atoms with van der Waals surface area (Å²) in [6, 6.07) is 3.75. The smallest absolute Gasteiger partial charge is 0.0781 e. The van der Waals surface area contributed by atoms with E-state index in [-0.39, 0.29) is 6.04 Å². The van der Waals surface area contributed by atoms with Gasteiger partial charge in [0.05, 0.1) is 15.1 Å². The lowest BCUT2D eigenvalue weighted by atomic mass is 10.1. The van der Waals surface area contributed by atoms with Crippen molar-refractivity contribution in [2.45, 2.75) is 19.9 Å². The van der Waals surface area contributed by atoms with Gasteiger partial charge in [0, 0.05) is 12.6 Å². The van der Waals surface area contributed by atoms with E-state index < -0.39 is 0 Å². The fraction of sp³-hybridized carbons (Fsp3) is 0.333. The van der Waals surface area contributed by atoms with E-state index >= 15 is 0 Å². The van der Waals surface area contributed by atoms with E-state index in [1.807, 2.05) is 19.9 Å². The maximum atomic E-state index is 6.13. The number of rotatable bonds is 4. The second kappa shape index (κ2) is 5.92. The predicted molar refractivity (Wildman–Crippen MR) is 72.7 cm³/mol. The SMILES string of the molecule is C=C(C)CNC(C)c1ccc(Cl)c(Cl)c1Cl. The minimum atomic E-state index is 0.110. The molecule has 0 fully saturated rings. The van der Waals surface area contributed by atoms with Gasteiger partial charge in [-0.1, -0.05) is 53.0 Å². The van der Waals surface area contributed by atoms with Crippen molar-refractivity contribution in [3.8, 4) is 0 Å². The van der Waals surface area contributed by atoms with Crippen LogP contribution in [0, 0.1) is 0 Å². The predicted octanol–water partition coefficient (Wildman–Crippen LogP) is 4.87. The highest BCUT2D eigenvalue weighted by molar-refractivity contribution is 6.48. The van der Waals surface area contributed by atoms with Gasteiger partial charge in [0.1, 0.15) is 0 Å². The van der Waals surface area contributed by atoms with E-state index in [9.17, 15) is 0 Å². The topological polar surface area (TPSA) is 12.0 Å². The molecular formula is C12H14Cl3N. The molecule has 1 N–H and O–H groups in total. The Morgan fingerprint density at radius 2 is 1.94 bits per heavy atom. The Labute approximate surface area is 111 Å². The molecule has 0 aliphatic rings. The van der Waals surface area contributed by atoms with Crippen molar-refractivity contribution in [1.82, 2.24) is 5.32 Å². The van der Waals surface area contributed by atoms with E-state index in [4.69, 9.17) is 34.8 Å². The van der Waals surface area contributed by atoms with Crippen LogP contribution in [0.25, 0.3) is 0 Å². The molecule has 1 nitrogen and oxygen atoms in total. The molecule has 1 rings (SSSR count). The second-order valence-corrected chi connectivity index (χ2v) is 4.99. The zero-order valence-electron chi connectivity index (χ0n) is 9.28. The molecule has 0 aliphatic carbocycles. The monoisotopic (exact) mass is 277 g/mol. The lowest BCUT2D eigenvalue weighted by molar-refractivity contribution is 0.607. The first-order valence-corrected chi connectivity index (χ1v) is 6.08. The van der Waals surface area contributed by atoms with Crippen LogP contribution in [0.1, 0.15) is 25.5 Å². The fourth-order valence-corrected chi connectivity index (χ4v) is 2.02. The number of halogens is 3. The van der Waals surface area contributed by atoms with Gasteiger partial charge in [-0.05, 0) is 25.5 Å². The molecule has 0 bridgehead atoms. The summed E-state index contributed by atoms with van der Waals surface area (Å²) in [5.41, 5.74) is 2.01. The zero-order chi connectivity index (χ0) is 12.3. The fourth-order valence-electron chi connectivity index (χ4n) is 1.31. The third kappa shape index (κ3) is 3.39. The van der Waals surface area contributed by atoms with Crippen LogP contribution < -0.4 is 5.32 Å². The summed E-state index contributed by atoms with van der Waals surface area (Å²) in [7, 11) is 0. The zero-order valence-corrected chi connectivity index (χ0v) is 11.5. The van der Waals surface area contributed by atoms with E-state index in [1.165, 1.54) is 0 Å². The van der Waals surface area contributed by atoms with Gasteiger partial charge in [0.15, 0.2) is 0 Å². The average Bonchev–Trinajstić information content (AvgIpc) is 2.23. The highest BCUT2D eigenvalue weighted by Gasteiger charge is 2.13. The van der Waals surface area contributed by atoms with Gasteiger partial charge in [-0.2, -0.15) is 0 Å². The second-order valence-electron chi connectivity index (χ2n) is 3.82. The van der Waals surface area contributed by atoms with Crippen LogP contribution in [0.15, 0.2) is 24.3 Å². The highest BCUT2D eigenvalue weighted by atomic mass is 35.5. The summed E-state index contributed by atoms with van der Waals surface area (Å²) in [6.07, 6.45) is 0. The quantitative estimate of drug-likeness (QED) is 0.612. The minimum Gasteiger partial charge on any atom is -0.306 e. The Balaban J connectivity index is 2.87. The van der Waals surface area contributed by atoms with E-state index in [0.29, 0.717) is 15.1 Å². The number of nitrogens with one attached hydrogen (secondary N) is 1. The number of hydrogen-bond donors (Lipinski definition) is 1. The maximum absolute atomic E-state index is 6.13. The maximum Gasteiger partial charge on any atom is 0.0781 e. The van der Waals surface area contributed by atoms with Gasteiger partial charge in [0.2, 0.25) is 0 Å². The summed E-state index contributed by atoms with van der Waals surface area (Å²) < 4.78 is 0. The van der Waals surface area contributed by atoms with Crippen molar-refractivity contribution in [2.75, 3.05) is 6.54 Å². The highest BCUT2D eigenvalue weighted by Crippen LogP contribution is 2.35. The lowest BCUT2D eigenvalue weighted by Gasteiger charge is -2.16. The molecule has 0 aromatic heterocycles. The van der Waals surface area contributed by atoms with Crippen LogP contribution in [-0.4, -0.2) is 6.54 Å². The lowest BCUT2D eigenvalue weighted by Crippen LogP contribution is -2.20. The van der Waals surface area contributed by atoms with Crippen LogP contribution in [0.2, 0.25) is 15.1 Å². The van der Waals surface area contributed by atoms with E-state index in [1.54, 1.807) is 6.07 Å². The Hall–Kier alpha value is -0.210. The van der Waals surface area contributed by atoms with Crippen molar-refractivity contribution in [2.24, 2.45) is 0 Å². The van der Waals surface area contributed by atoms with Gasteiger partial charge >= 0.3 is 0 Å². The normalized spacial score (nSPS) is 12.6. The van der Waals surface area contributed by atoms with E-state index in [2.05, 4.69) is 11.9 Å². The van der Waals surface area contributed by atoms with Crippen LogP contribution in [0.4, 0.5) is 0 Å². The molecule has 0 saturated carbocycles. The average molecular weight is 279 g/mol. The molecule has 88 valence electrons. The Morgan fingerprint density at radius 1 is 1.31 bits per heavy atom. The van der Waals surface area contributed by atoms with Crippen molar-refractivity contribution in [1.29, 1.82) is 0 Å². The summed E-state index contributed by atoms with van der Waals surface area (Å²) >= 11 is 18.0. The molecule has 0 saturated heterocycles. The minimum absolute atomic E-state index is 0.110. The molecule has 0 heterocycles. The summed E-state index contributed by atoms with van der Waals surface area (Å²) in [6.45, 7) is 8.57. The van der Waals surface area contributed by atoms with Gasteiger partial charge in [-0.3, -0.25) is 0 Å². The molecule has 0 aliphatic heterocycles. The molecule has 1 aromatic rings. The van der Waals surface area contributed by atoms with Gasteiger partial charge in [-0.25, -0.2) is 0 Å². The Bertz CT molecular complexity index is 401. The third-order valence-corrected chi connectivity index (χ3v) is 3.55. The molecule has 0 radical (unpaired) electrons. The first kappa shape index (κ1) is 13.9. The molecule has 16 heavy (non-hydrogen) atoms. The Morgan fingerprint density at radius 3 is 2.50 bits per heavy atom. The largest absolute Gasteiger partial charge is 0.306 e. The summed E-state index contributed by atoms with van der Waals surface area (Å²) in [5.74, 6) is 0. The molecule has 1 aromatic carbocycles. The molecular weight excluding hydrogens is 264 g/mol. The van der Waals surface area contributed by atoms with Crippen LogP contribution >= 0.6 is 34.8 Å². The molecule has 1 atom stereocenters. The van der Waals surface area contributed by atoms with Crippen molar-refractivity contribution in [3.05, 3.63) is 44.9 Å². The van der Waals surface area contributed by atoms with Crippen LogP contribution in [0.5, 0.6) is 0 Å². The third-order valence-electron chi connectivity index (χ3n) is 2.24. The molecule has 1 unspecified atom stereocenters. The van der Waals surface area contributed by atoms with Crippen molar-refractivity contribution in [3.63, 3.8) is 0 Å². The number of benzene rings is 1. The van der Waals surface area contributed by atoms with Gasteiger partial charge < -0.3 is 5.32 Å². The molecule has 4 heteroatoms. The summed E-state index contributed by atoms with van der Waals surface area (Å²) in [5, 5.41) is 4.69. The van der Waals surface area contributed by atoms with Gasteiger partial charge in [0.25, 0.3) is 0 Å². The van der Waals surface area contributed by atoms with Crippen LogP contribution in [-0.2, 0) is 0 Å². The molecule has 0 amide bonds. The van der Waals surface area contributed by atoms with Crippen molar-refractivity contribution >= 4 is 34.8 Å². The summed E-state index contributed by atoms with van der Waals surface area (Å²) in [4.78, 5) is 0. The van der Waals surface area contributed by atoms with Crippen molar-refractivity contribution < 1.29 is 0 Å². The van der Waals surface area contributed by atoms with E-state index in [0.717, 1.165) is 17.7 Å². The standard InChI is InChI=1S/C12H14Cl3N/c1-7(2)6-16-8(3)9-4-5-10(13)12(15)11(9)14/h4-5,8,16H,1,6H2,2-3H3. The Kier molecular flexibility index (Phi) is 5.13. The number of hydrogen-bond acceptors (Lipinski definition) is 1. The first-order valence-electron chi connectivity index (χ1n) is 4.94.